The summed E-state index contributed by atoms with van der Waals surface area (Å²) >= 11 is 7.43. The number of halogens is 1. The third-order valence-corrected chi connectivity index (χ3v) is 7.61. The summed E-state index contributed by atoms with van der Waals surface area (Å²) in [4.78, 5) is 18.3. The number of aryl methyl sites for hydroxylation is 2. The molecule has 0 fully saturated rings. The molecule has 0 saturated carbocycles. The molecule has 0 aliphatic rings. The normalized spacial score (nSPS) is 11.6. The molecule has 8 heteroatoms. The van der Waals surface area contributed by atoms with E-state index in [2.05, 4.69) is 9.71 Å². The van der Waals surface area contributed by atoms with Crippen molar-refractivity contribution in [1.82, 2.24) is 4.98 Å². The van der Waals surface area contributed by atoms with Crippen molar-refractivity contribution in [3.05, 3.63) is 75.8 Å². The van der Waals surface area contributed by atoms with Gasteiger partial charge in [-0.25, -0.2) is 13.4 Å². The number of hydrogen-bond donors (Lipinski definition) is 1. The zero-order chi connectivity index (χ0) is 23.0. The van der Waals surface area contributed by atoms with Crippen LogP contribution in [0.3, 0.4) is 0 Å². The number of ketones is 1. The molecule has 4 aromatic rings. The number of nitrogens with zero attached hydrogens (tertiary/aromatic N) is 1. The van der Waals surface area contributed by atoms with Gasteiger partial charge in [0.2, 0.25) is 0 Å². The maximum absolute atomic E-state index is 13.2. The average molecular weight is 485 g/mol. The Hall–Kier alpha value is -2.74. The molecule has 164 valence electrons. The highest BCUT2D eigenvalue weighted by molar-refractivity contribution is 7.92. The van der Waals surface area contributed by atoms with E-state index in [1.807, 2.05) is 38.1 Å². The Bertz CT molecular complexity index is 1460. The summed E-state index contributed by atoms with van der Waals surface area (Å²) in [6.45, 7) is 5.35. The smallest absolute Gasteiger partial charge is 0.261 e. The van der Waals surface area contributed by atoms with Crippen molar-refractivity contribution < 1.29 is 13.2 Å². The number of thiophene rings is 1. The Morgan fingerprint density at radius 3 is 2.53 bits per heavy atom. The van der Waals surface area contributed by atoms with Crippen molar-refractivity contribution in [2.75, 3.05) is 4.72 Å². The Kier molecular flexibility index (Phi) is 6.07. The largest absolute Gasteiger partial charge is 0.300 e. The lowest BCUT2D eigenvalue weighted by Crippen LogP contribution is -2.13. The fourth-order valence-electron chi connectivity index (χ4n) is 3.64. The van der Waals surface area contributed by atoms with E-state index in [0.717, 1.165) is 21.6 Å². The first-order valence-electron chi connectivity index (χ1n) is 9.92. The first kappa shape index (κ1) is 22.5. The standard InChI is InChI=1S/C24H21ClN2O3S2/c1-14-6-4-7-17(10-14)22-21(12-16(3)28)31-24-23(22)20(11-15(2)26-24)27-32(29,30)19-9-5-8-18(25)13-19/h4-11,13H,12H2,1-3H3,(H,26,27). The SMILES string of the molecule is CC(=O)Cc1sc2nc(C)cc(NS(=O)(=O)c3cccc(Cl)c3)c2c1-c1cccc(C)c1. The van der Waals surface area contributed by atoms with E-state index < -0.39 is 10.0 Å². The highest BCUT2D eigenvalue weighted by atomic mass is 35.5. The van der Waals surface area contributed by atoms with Gasteiger partial charge in [0.1, 0.15) is 10.6 Å². The van der Waals surface area contributed by atoms with E-state index in [1.165, 1.54) is 23.5 Å². The van der Waals surface area contributed by atoms with Crippen LogP contribution in [0.2, 0.25) is 5.02 Å². The van der Waals surface area contributed by atoms with Crippen molar-refractivity contribution in [1.29, 1.82) is 0 Å². The van der Waals surface area contributed by atoms with Gasteiger partial charge in [-0.1, -0.05) is 47.5 Å². The van der Waals surface area contributed by atoms with Crippen LogP contribution >= 0.6 is 22.9 Å². The number of sulfonamides is 1. The lowest BCUT2D eigenvalue weighted by molar-refractivity contribution is -0.116. The van der Waals surface area contributed by atoms with Gasteiger partial charge in [0.05, 0.1) is 10.6 Å². The Balaban J connectivity index is 1.97. The van der Waals surface area contributed by atoms with Gasteiger partial charge in [-0.2, -0.15) is 0 Å². The number of rotatable bonds is 6. The molecule has 5 nitrogen and oxygen atoms in total. The Morgan fingerprint density at radius 1 is 1.09 bits per heavy atom. The van der Waals surface area contributed by atoms with E-state index in [0.29, 0.717) is 26.6 Å². The second-order valence-corrected chi connectivity index (χ2v) is 10.9. The maximum Gasteiger partial charge on any atom is 0.261 e. The van der Waals surface area contributed by atoms with Gasteiger partial charge in [-0.15, -0.1) is 11.3 Å². The van der Waals surface area contributed by atoms with Crippen LogP contribution in [0.15, 0.2) is 59.5 Å². The summed E-state index contributed by atoms with van der Waals surface area (Å²) in [5.74, 6) is 0.0308. The van der Waals surface area contributed by atoms with Crippen molar-refractivity contribution in [2.45, 2.75) is 32.1 Å². The molecule has 0 spiro atoms. The van der Waals surface area contributed by atoms with Crippen molar-refractivity contribution in [3.63, 3.8) is 0 Å². The number of nitrogens with one attached hydrogen (secondary N) is 1. The van der Waals surface area contributed by atoms with Crippen molar-refractivity contribution >= 4 is 54.6 Å². The number of anilines is 1. The third kappa shape index (κ3) is 4.55. The van der Waals surface area contributed by atoms with Crippen LogP contribution in [0.1, 0.15) is 23.1 Å². The first-order chi connectivity index (χ1) is 15.1. The molecule has 1 N–H and O–H groups in total. The number of benzene rings is 2. The molecule has 0 amide bonds. The summed E-state index contributed by atoms with van der Waals surface area (Å²) in [5.41, 5.74) is 3.92. The zero-order valence-corrected chi connectivity index (χ0v) is 20.2. The second kappa shape index (κ2) is 8.65. The molecule has 2 aromatic carbocycles. The molecular weight excluding hydrogens is 464 g/mol. The van der Waals surface area contributed by atoms with E-state index >= 15 is 0 Å². The van der Waals surface area contributed by atoms with Crippen LogP contribution in [0.4, 0.5) is 5.69 Å². The number of pyridine rings is 1. The molecule has 4 rings (SSSR count). The van der Waals surface area contributed by atoms with Crippen LogP contribution in [0, 0.1) is 13.8 Å². The molecule has 0 aliphatic carbocycles. The summed E-state index contributed by atoms with van der Waals surface area (Å²) < 4.78 is 29.0. The molecular formula is C24H21ClN2O3S2. The number of hydrogen-bond acceptors (Lipinski definition) is 5. The quantitative estimate of drug-likeness (QED) is 0.355. The summed E-state index contributed by atoms with van der Waals surface area (Å²) in [7, 11) is -3.89. The van der Waals surface area contributed by atoms with Crippen LogP contribution in [-0.2, 0) is 21.2 Å². The van der Waals surface area contributed by atoms with E-state index in [1.54, 1.807) is 25.1 Å². The van der Waals surface area contributed by atoms with Gasteiger partial charge >= 0.3 is 0 Å². The number of fused-ring (bicyclic) bond motifs is 1. The lowest BCUT2D eigenvalue weighted by Gasteiger charge is -2.13. The second-order valence-electron chi connectivity index (χ2n) is 7.70. The minimum Gasteiger partial charge on any atom is -0.300 e. The molecule has 2 aromatic heterocycles. The van der Waals surface area contributed by atoms with Crippen molar-refractivity contribution in [2.24, 2.45) is 0 Å². The number of Topliss-reactive ketones (excluding diaryl/α,β-unsaturated/α-hetero) is 1. The van der Waals surface area contributed by atoms with Gasteiger partial charge in [0.25, 0.3) is 10.0 Å². The molecule has 0 saturated heterocycles. The number of aromatic nitrogens is 1. The highest BCUT2D eigenvalue weighted by Crippen LogP contribution is 2.43. The lowest BCUT2D eigenvalue weighted by atomic mass is 9.98. The maximum atomic E-state index is 13.2. The van der Waals surface area contributed by atoms with Gasteiger partial charge in [-0.3, -0.25) is 9.52 Å². The highest BCUT2D eigenvalue weighted by Gasteiger charge is 2.23. The van der Waals surface area contributed by atoms with Crippen LogP contribution < -0.4 is 4.72 Å². The Labute approximate surface area is 196 Å². The predicted molar refractivity (Wildman–Crippen MR) is 131 cm³/mol. The molecule has 32 heavy (non-hydrogen) atoms. The summed E-state index contributed by atoms with van der Waals surface area (Å²) in [6, 6.07) is 15.8. The first-order valence-corrected chi connectivity index (χ1v) is 12.6. The fourth-order valence-corrected chi connectivity index (χ4v) is 6.34. The average Bonchev–Trinajstić information content (AvgIpc) is 3.04. The summed E-state index contributed by atoms with van der Waals surface area (Å²) in [6.07, 6.45) is 0.254. The number of carbonyl (C=O) groups is 1. The minimum atomic E-state index is -3.89. The molecule has 0 atom stereocenters. The predicted octanol–water partition coefficient (Wildman–Crippen LogP) is 6.17. The van der Waals surface area contributed by atoms with Crippen LogP contribution in [0.25, 0.3) is 21.3 Å². The van der Waals surface area contributed by atoms with Gasteiger partial charge in [0.15, 0.2) is 0 Å². The van der Waals surface area contributed by atoms with E-state index in [9.17, 15) is 13.2 Å². The van der Waals surface area contributed by atoms with E-state index in [4.69, 9.17) is 11.6 Å². The molecule has 0 bridgehead atoms. The molecule has 0 aliphatic heterocycles. The topological polar surface area (TPSA) is 76.1 Å². The van der Waals surface area contributed by atoms with Gasteiger partial charge < -0.3 is 0 Å². The minimum absolute atomic E-state index is 0.0308. The molecule has 0 radical (unpaired) electrons. The van der Waals surface area contributed by atoms with Crippen LogP contribution in [0.5, 0.6) is 0 Å². The van der Waals surface area contributed by atoms with Gasteiger partial charge in [0, 0.05) is 33.0 Å². The zero-order valence-electron chi connectivity index (χ0n) is 17.8. The van der Waals surface area contributed by atoms with Gasteiger partial charge in [-0.05, 0) is 50.6 Å². The van der Waals surface area contributed by atoms with E-state index in [-0.39, 0.29) is 17.1 Å². The monoisotopic (exact) mass is 484 g/mol. The molecule has 2 heterocycles. The molecule has 0 unspecified atom stereocenters. The third-order valence-electron chi connectivity index (χ3n) is 4.93. The van der Waals surface area contributed by atoms with Crippen molar-refractivity contribution in [3.8, 4) is 11.1 Å². The Morgan fingerprint density at radius 2 is 1.84 bits per heavy atom. The van der Waals surface area contributed by atoms with Crippen LogP contribution in [-0.4, -0.2) is 19.2 Å². The fraction of sp³-hybridized carbons (Fsp3) is 0.167. The summed E-state index contributed by atoms with van der Waals surface area (Å²) in [5, 5.41) is 1.02. The number of carbonyl (C=O) groups excluding carboxylic acids is 1.